The zero-order valence-corrected chi connectivity index (χ0v) is 8.00. The summed E-state index contributed by atoms with van der Waals surface area (Å²) in [7, 11) is 0. The summed E-state index contributed by atoms with van der Waals surface area (Å²) in [4.78, 5) is 0. The standard InChI is InChI=1S/C11H13F2N/c1-8(12)11-9(5-3-7-14)4-2-6-10(11)13/h2-6,8H,7,14H2,1H3/b5-3+. The van der Waals surface area contributed by atoms with Crippen LogP contribution in [0.4, 0.5) is 8.78 Å². The first-order valence-corrected chi connectivity index (χ1v) is 4.46. The molecule has 0 heterocycles. The molecule has 1 atom stereocenters. The average Bonchev–Trinajstić information content (AvgIpc) is 2.14. The Morgan fingerprint density at radius 3 is 2.79 bits per heavy atom. The zero-order chi connectivity index (χ0) is 10.6. The molecule has 1 aromatic carbocycles. The zero-order valence-electron chi connectivity index (χ0n) is 8.00. The van der Waals surface area contributed by atoms with Crippen molar-refractivity contribution in [1.29, 1.82) is 0 Å². The summed E-state index contributed by atoms with van der Waals surface area (Å²) in [5, 5.41) is 0. The Morgan fingerprint density at radius 2 is 2.21 bits per heavy atom. The topological polar surface area (TPSA) is 26.0 Å². The van der Waals surface area contributed by atoms with E-state index in [0.717, 1.165) is 0 Å². The molecule has 0 saturated heterocycles. The summed E-state index contributed by atoms with van der Waals surface area (Å²) in [5.74, 6) is -0.515. The van der Waals surface area contributed by atoms with E-state index >= 15 is 0 Å². The lowest BCUT2D eigenvalue weighted by Crippen LogP contribution is -1.97. The number of hydrogen-bond acceptors (Lipinski definition) is 1. The summed E-state index contributed by atoms with van der Waals surface area (Å²) >= 11 is 0. The Hall–Kier alpha value is -1.22. The summed E-state index contributed by atoms with van der Waals surface area (Å²) in [6.07, 6.45) is 1.99. The molecule has 14 heavy (non-hydrogen) atoms. The first-order valence-electron chi connectivity index (χ1n) is 4.46. The van der Waals surface area contributed by atoms with Gasteiger partial charge in [0.15, 0.2) is 0 Å². The van der Waals surface area contributed by atoms with Crippen LogP contribution in [0.5, 0.6) is 0 Å². The first-order chi connectivity index (χ1) is 6.66. The van der Waals surface area contributed by atoms with Crippen LogP contribution >= 0.6 is 0 Å². The van der Waals surface area contributed by atoms with Crippen molar-refractivity contribution in [3.8, 4) is 0 Å². The van der Waals surface area contributed by atoms with E-state index in [1.165, 1.54) is 13.0 Å². The van der Waals surface area contributed by atoms with Crippen LogP contribution < -0.4 is 5.73 Å². The average molecular weight is 197 g/mol. The monoisotopic (exact) mass is 197 g/mol. The molecule has 0 fully saturated rings. The third kappa shape index (κ3) is 2.39. The number of rotatable bonds is 3. The Bertz CT molecular complexity index is 332. The summed E-state index contributed by atoms with van der Waals surface area (Å²) in [5.41, 5.74) is 5.91. The Kier molecular flexibility index (Phi) is 3.77. The van der Waals surface area contributed by atoms with Crippen LogP contribution in [0.2, 0.25) is 0 Å². The van der Waals surface area contributed by atoms with E-state index in [1.54, 1.807) is 24.3 Å². The predicted molar refractivity (Wildman–Crippen MR) is 54.0 cm³/mol. The van der Waals surface area contributed by atoms with Gasteiger partial charge < -0.3 is 5.73 Å². The minimum absolute atomic E-state index is 0.0946. The third-order valence-electron chi connectivity index (χ3n) is 1.92. The van der Waals surface area contributed by atoms with Crippen LogP contribution in [0.3, 0.4) is 0 Å². The van der Waals surface area contributed by atoms with Gasteiger partial charge in [0.1, 0.15) is 12.0 Å². The fraction of sp³-hybridized carbons (Fsp3) is 0.273. The molecule has 0 aromatic heterocycles. The van der Waals surface area contributed by atoms with Gasteiger partial charge >= 0.3 is 0 Å². The van der Waals surface area contributed by atoms with Crippen LogP contribution in [0.1, 0.15) is 24.2 Å². The van der Waals surface area contributed by atoms with Gasteiger partial charge in [-0.2, -0.15) is 0 Å². The highest BCUT2D eigenvalue weighted by atomic mass is 19.1. The molecule has 1 unspecified atom stereocenters. The molecule has 2 N–H and O–H groups in total. The van der Waals surface area contributed by atoms with E-state index < -0.39 is 12.0 Å². The number of nitrogens with two attached hydrogens (primary N) is 1. The Balaban J connectivity index is 3.14. The van der Waals surface area contributed by atoms with Crippen molar-refractivity contribution in [3.63, 3.8) is 0 Å². The van der Waals surface area contributed by atoms with Gasteiger partial charge in [0, 0.05) is 12.1 Å². The second-order valence-corrected chi connectivity index (χ2v) is 3.00. The second-order valence-electron chi connectivity index (χ2n) is 3.00. The minimum atomic E-state index is -1.31. The van der Waals surface area contributed by atoms with Crippen molar-refractivity contribution in [2.24, 2.45) is 5.73 Å². The van der Waals surface area contributed by atoms with Crippen LogP contribution in [0.15, 0.2) is 24.3 Å². The SMILES string of the molecule is CC(F)c1c(F)cccc1/C=C/CN. The van der Waals surface area contributed by atoms with E-state index in [0.29, 0.717) is 12.1 Å². The lowest BCUT2D eigenvalue weighted by Gasteiger charge is -2.08. The van der Waals surface area contributed by atoms with Crippen molar-refractivity contribution >= 4 is 6.08 Å². The van der Waals surface area contributed by atoms with Crippen LogP contribution in [0, 0.1) is 5.82 Å². The van der Waals surface area contributed by atoms with Gasteiger partial charge in [0.2, 0.25) is 0 Å². The molecule has 3 heteroatoms. The van der Waals surface area contributed by atoms with Gasteiger partial charge in [0.05, 0.1) is 0 Å². The molecule has 0 aliphatic rings. The van der Waals surface area contributed by atoms with E-state index in [9.17, 15) is 8.78 Å². The van der Waals surface area contributed by atoms with E-state index in [2.05, 4.69) is 0 Å². The van der Waals surface area contributed by atoms with Crippen LogP contribution in [-0.4, -0.2) is 6.54 Å². The van der Waals surface area contributed by atoms with Crippen LogP contribution in [-0.2, 0) is 0 Å². The molecule has 1 nitrogen and oxygen atoms in total. The van der Waals surface area contributed by atoms with Gasteiger partial charge in [-0.05, 0) is 18.6 Å². The number of benzene rings is 1. The summed E-state index contributed by atoms with van der Waals surface area (Å²) in [6.45, 7) is 1.68. The number of halogens is 2. The van der Waals surface area contributed by atoms with Gasteiger partial charge in [-0.15, -0.1) is 0 Å². The molecule has 1 rings (SSSR count). The lowest BCUT2D eigenvalue weighted by molar-refractivity contribution is 0.361. The maximum atomic E-state index is 13.2. The number of alkyl halides is 1. The molecule has 0 bridgehead atoms. The quantitative estimate of drug-likeness (QED) is 0.792. The van der Waals surface area contributed by atoms with Crippen molar-refractivity contribution in [3.05, 3.63) is 41.2 Å². The fourth-order valence-corrected chi connectivity index (χ4v) is 1.31. The molecule has 1 aromatic rings. The predicted octanol–water partition coefficient (Wildman–Crippen LogP) is 2.83. The highest BCUT2D eigenvalue weighted by molar-refractivity contribution is 5.54. The van der Waals surface area contributed by atoms with Crippen molar-refractivity contribution in [2.45, 2.75) is 13.1 Å². The Morgan fingerprint density at radius 1 is 1.50 bits per heavy atom. The summed E-state index contributed by atoms with van der Waals surface area (Å²) in [6, 6.07) is 4.48. The highest BCUT2D eigenvalue weighted by Gasteiger charge is 2.12. The van der Waals surface area contributed by atoms with Crippen molar-refractivity contribution in [1.82, 2.24) is 0 Å². The van der Waals surface area contributed by atoms with Gasteiger partial charge in [-0.1, -0.05) is 24.3 Å². The third-order valence-corrected chi connectivity index (χ3v) is 1.92. The molecule has 0 radical (unpaired) electrons. The van der Waals surface area contributed by atoms with E-state index in [-0.39, 0.29) is 5.56 Å². The van der Waals surface area contributed by atoms with Crippen LogP contribution in [0.25, 0.3) is 6.08 Å². The lowest BCUT2D eigenvalue weighted by atomic mass is 10.0. The van der Waals surface area contributed by atoms with E-state index in [4.69, 9.17) is 5.73 Å². The Labute approximate surface area is 82.2 Å². The normalized spacial score (nSPS) is 13.4. The van der Waals surface area contributed by atoms with Gasteiger partial charge in [-0.3, -0.25) is 0 Å². The molecule has 0 aliphatic carbocycles. The molecular formula is C11H13F2N. The summed E-state index contributed by atoms with van der Waals surface area (Å²) < 4.78 is 26.3. The van der Waals surface area contributed by atoms with Gasteiger partial charge in [-0.25, -0.2) is 8.78 Å². The van der Waals surface area contributed by atoms with Gasteiger partial charge in [0.25, 0.3) is 0 Å². The molecule has 0 amide bonds. The molecule has 0 aliphatic heterocycles. The molecule has 0 saturated carbocycles. The minimum Gasteiger partial charge on any atom is -0.327 e. The second kappa shape index (κ2) is 4.86. The van der Waals surface area contributed by atoms with Crippen molar-refractivity contribution < 1.29 is 8.78 Å². The maximum Gasteiger partial charge on any atom is 0.129 e. The largest absolute Gasteiger partial charge is 0.327 e. The first kappa shape index (κ1) is 10.9. The fourth-order valence-electron chi connectivity index (χ4n) is 1.31. The molecule has 76 valence electrons. The van der Waals surface area contributed by atoms with Crippen molar-refractivity contribution in [2.75, 3.05) is 6.54 Å². The molecule has 0 spiro atoms. The number of hydrogen-bond donors (Lipinski definition) is 1. The van der Waals surface area contributed by atoms with E-state index in [1.807, 2.05) is 0 Å². The highest BCUT2D eigenvalue weighted by Crippen LogP contribution is 2.25. The molecular weight excluding hydrogens is 184 g/mol. The smallest absolute Gasteiger partial charge is 0.129 e. The maximum absolute atomic E-state index is 13.2.